The molecule has 0 atom stereocenters. The van der Waals surface area contributed by atoms with Gasteiger partial charge in [-0.15, -0.1) is 11.3 Å². The number of nitrogens with two attached hydrogens (primary N) is 1. The number of imide groups is 1. The second-order valence-corrected chi connectivity index (χ2v) is 9.34. The number of thiophene rings is 1. The van der Waals surface area contributed by atoms with Gasteiger partial charge in [-0.3, -0.25) is 9.69 Å². The zero-order valence-electron chi connectivity index (χ0n) is 17.0. The molecule has 2 aromatic heterocycles. The van der Waals surface area contributed by atoms with Crippen molar-refractivity contribution in [3.63, 3.8) is 0 Å². The van der Waals surface area contributed by atoms with Gasteiger partial charge in [0.15, 0.2) is 0 Å². The van der Waals surface area contributed by atoms with Crippen molar-refractivity contribution in [2.24, 2.45) is 0 Å². The SMILES string of the molecule is CC1(C)NC(=O)N(CCNc2ncc(-c3cccc(N)c3)c(-c3ccc(Cl)s3)n2)C1=O. The van der Waals surface area contributed by atoms with Gasteiger partial charge in [-0.05, 0) is 43.7 Å². The number of urea groups is 1. The average molecular weight is 457 g/mol. The summed E-state index contributed by atoms with van der Waals surface area (Å²) < 4.78 is 0.655. The second-order valence-electron chi connectivity index (χ2n) is 7.62. The standard InChI is InChI=1S/C21H21ClN6O2S/c1-21(2)18(29)28(20(30)27-21)9-8-24-19-25-11-14(12-4-3-5-13(23)10-12)17(26-19)15-6-7-16(22)31-15/h3-7,10-11H,8-9,23H2,1-2H3,(H,27,30)(H,24,25,26). The van der Waals surface area contributed by atoms with Crippen molar-refractivity contribution in [3.05, 3.63) is 46.9 Å². The van der Waals surface area contributed by atoms with E-state index in [1.165, 1.54) is 16.2 Å². The minimum absolute atomic E-state index is 0.203. The Kier molecular flexibility index (Phi) is 5.55. The number of hydrogen-bond donors (Lipinski definition) is 3. The highest BCUT2D eigenvalue weighted by Crippen LogP contribution is 2.36. The molecule has 3 aromatic rings. The molecule has 0 unspecified atom stereocenters. The summed E-state index contributed by atoms with van der Waals surface area (Å²) in [5, 5.41) is 5.76. The lowest BCUT2D eigenvalue weighted by atomic mass is 10.0. The molecular weight excluding hydrogens is 436 g/mol. The van der Waals surface area contributed by atoms with E-state index >= 15 is 0 Å². The molecule has 1 aliphatic rings. The van der Waals surface area contributed by atoms with Gasteiger partial charge in [0.2, 0.25) is 5.95 Å². The van der Waals surface area contributed by atoms with Crippen LogP contribution in [0, 0.1) is 0 Å². The molecule has 0 aliphatic carbocycles. The predicted molar refractivity (Wildman–Crippen MR) is 123 cm³/mol. The number of nitrogens with one attached hydrogen (secondary N) is 2. The molecule has 3 heterocycles. The Morgan fingerprint density at radius 1 is 1.26 bits per heavy atom. The normalized spacial score (nSPS) is 15.3. The summed E-state index contributed by atoms with van der Waals surface area (Å²) in [5.74, 6) is 0.129. The molecule has 1 fully saturated rings. The zero-order valence-corrected chi connectivity index (χ0v) is 18.5. The van der Waals surface area contributed by atoms with Gasteiger partial charge in [-0.1, -0.05) is 23.7 Å². The minimum atomic E-state index is -0.891. The molecular formula is C21H21ClN6O2S. The molecule has 0 spiro atoms. The first-order valence-corrected chi connectivity index (χ1v) is 10.8. The van der Waals surface area contributed by atoms with Crippen LogP contribution >= 0.6 is 22.9 Å². The number of carbonyl (C=O) groups excluding carboxylic acids is 2. The third-order valence-corrected chi connectivity index (χ3v) is 6.09. The van der Waals surface area contributed by atoms with Crippen LogP contribution in [0.3, 0.4) is 0 Å². The number of carbonyl (C=O) groups is 2. The van der Waals surface area contributed by atoms with E-state index in [4.69, 9.17) is 17.3 Å². The van der Waals surface area contributed by atoms with Crippen molar-refractivity contribution in [1.82, 2.24) is 20.2 Å². The molecule has 0 bridgehead atoms. The van der Waals surface area contributed by atoms with Crippen molar-refractivity contribution in [1.29, 1.82) is 0 Å². The highest BCUT2D eigenvalue weighted by Gasteiger charge is 2.43. The maximum absolute atomic E-state index is 12.3. The van der Waals surface area contributed by atoms with Crippen LogP contribution in [0.5, 0.6) is 0 Å². The fraction of sp³-hybridized carbons (Fsp3) is 0.238. The molecule has 0 radical (unpaired) electrons. The van der Waals surface area contributed by atoms with Gasteiger partial charge < -0.3 is 16.4 Å². The van der Waals surface area contributed by atoms with Crippen molar-refractivity contribution in [2.75, 3.05) is 24.1 Å². The summed E-state index contributed by atoms with van der Waals surface area (Å²) >= 11 is 7.56. The molecule has 10 heteroatoms. The van der Waals surface area contributed by atoms with Crippen molar-refractivity contribution < 1.29 is 9.59 Å². The summed E-state index contributed by atoms with van der Waals surface area (Å²) in [6.45, 7) is 3.88. The number of halogens is 1. The van der Waals surface area contributed by atoms with E-state index in [0.717, 1.165) is 21.7 Å². The van der Waals surface area contributed by atoms with E-state index in [1.807, 2.05) is 36.4 Å². The highest BCUT2D eigenvalue weighted by atomic mass is 35.5. The molecule has 4 N–H and O–H groups in total. The Labute approximate surface area is 188 Å². The highest BCUT2D eigenvalue weighted by molar-refractivity contribution is 7.19. The van der Waals surface area contributed by atoms with Crippen LogP contribution in [0.15, 0.2) is 42.6 Å². The van der Waals surface area contributed by atoms with Crippen LogP contribution in [-0.2, 0) is 4.79 Å². The Morgan fingerprint density at radius 2 is 2.06 bits per heavy atom. The van der Waals surface area contributed by atoms with Crippen LogP contribution in [0.1, 0.15) is 13.8 Å². The smallest absolute Gasteiger partial charge is 0.325 e. The summed E-state index contributed by atoms with van der Waals surface area (Å²) in [6, 6.07) is 10.8. The molecule has 1 aromatic carbocycles. The Bertz CT molecular complexity index is 1160. The average Bonchev–Trinajstić information content (AvgIpc) is 3.23. The fourth-order valence-corrected chi connectivity index (χ4v) is 4.36. The monoisotopic (exact) mass is 456 g/mol. The number of rotatable bonds is 6. The number of anilines is 2. The number of amides is 3. The van der Waals surface area contributed by atoms with E-state index in [9.17, 15) is 9.59 Å². The molecule has 1 saturated heterocycles. The van der Waals surface area contributed by atoms with Gasteiger partial charge in [0.1, 0.15) is 5.54 Å². The zero-order chi connectivity index (χ0) is 22.2. The summed E-state index contributed by atoms with van der Waals surface area (Å²) in [5.41, 5.74) is 8.14. The summed E-state index contributed by atoms with van der Waals surface area (Å²) in [6.07, 6.45) is 1.73. The number of aromatic nitrogens is 2. The quantitative estimate of drug-likeness (QED) is 0.383. The van der Waals surface area contributed by atoms with Crippen LogP contribution in [0.2, 0.25) is 4.34 Å². The molecule has 4 rings (SSSR count). The number of benzene rings is 1. The first-order valence-electron chi connectivity index (χ1n) is 9.61. The van der Waals surface area contributed by atoms with Gasteiger partial charge in [0.05, 0.1) is 14.9 Å². The number of nitrogen functional groups attached to an aromatic ring is 1. The van der Waals surface area contributed by atoms with Gasteiger partial charge in [0, 0.05) is 30.5 Å². The molecule has 160 valence electrons. The molecule has 8 nitrogen and oxygen atoms in total. The summed E-state index contributed by atoms with van der Waals surface area (Å²) in [7, 11) is 0. The van der Waals surface area contributed by atoms with Crippen LogP contribution in [0.4, 0.5) is 16.4 Å². The van der Waals surface area contributed by atoms with Gasteiger partial charge in [0.25, 0.3) is 5.91 Å². The van der Waals surface area contributed by atoms with Crippen LogP contribution < -0.4 is 16.4 Å². The molecule has 3 amide bonds. The van der Waals surface area contributed by atoms with Gasteiger partial charge >= 0.3 is 6.03 Å². The van der Waals surface area contributed by atoms with Gasteiger partial charge in [-0.2, -0.15) is 0 Å². The number of nitrogens with zero attached hydrogens (tertiary/aromatic N) is 3. The Balaban J connectivity index is 1.57. The summed E-state index contributed by atoms with van der Waals surface area (Å²) in [4.78, 5) is 35.5. The maximum Gasteiger partial charge on any atom is 0.325 e. The van der Waals surface area contributed by atoms with E-state index in [-0.39, 0.29) is 12.5 Å². The minimum Gasteiger partial charge on any atom is -0.399 e. The Morgan fingerprint density at radius 3 is 2.71 bits per heavy atom. The maximum atomic E-state index is 12.3. The van der Waals surface area contributed by atoms with Crippen molar-refractivity contribution in [2.45, 2.75) is 19.4 Å². The van der Waals surface area contributed by atoms with Crippen LogP contribution in [-0.4, -0.2) is 45.4 Å². The Hall–Kier alpha value is -3.17. The van der Waals surface area contributed by atoms with Gasteiger partial charge in [-0.25, -0.2) is 14.8 Å². The molecule has 1 aliphatic heterocycles. The lowest BCUT2D eigenvalue weighted by Crippen LogP contribution is -2.40. The lowest BCUT2D eigenvalue weighted by molar-refractivity contribution is -0.130. The lowest BCUT2D eigenvalue weighted by Gasteiger charge is -2.16. The molecule has 31 heavy (non-hydrogen) atoms. The first kappa shape index (κ1) is 21.1. The van der Waals surface area contributed by atoms with E-state index in [1.54, 1.807) is 20.0 Å². The number of hydrogen-bond acceptors (Lipinski definition) is 7. The third-order valence-electron chi connectivity index (χ3n) is 4.86. The largest absolute Gasteiger partial charge is 0.399 e. The van der Waals surface area contributed by atoms with Crippen LogP contribution in [0.25, 0.3) is 21.7 Å². The van der Waals surface area contributed by atoms with E-state index in [2.05, 4.69) is 20.6 Å². The van der Waals surface area contributed by atoms with Crippen molar-refractivity contribution in [3.8, 4) is 21.7 Å². The predicted octanol–water partition coefficient (Wildman–Crippen LogP) is 3.85. The first-order chi connectivity index (χ1) is 14.7. The van der Waals surface area contributed by atoms with Crippen molar-refractivity contribution >= 4 is 46.5 Å². The molecule has 0 saturated carbocycles. The second kappa shape index (κ2) is 8.16. The van der Waals surface area contributed by atoms with E-state index in [0.29, 0.717) is 22.5 Å². The fourth-order valence-electron chi connectivity index (χ4n) is 3.31. The topological polar surface area (TPSA) is 113 Å². The third kappa shape index (κ3) is 4.33. The van der Waals surface area contributed by atoms with E-state index < -0.39 is 11.6 Å².